The number of amides is 1. The molecule has 0 saturated carbocycles. The van der Waals surface area contributed by atoms with Crippen LogP contribution in [0.4, 0.5) is 5.69 Å². The molecule has 0 radical (unpaired) electrons. The van der Waals surface area contributed by atoms with E-state index in [4.69, 9.17) is 9.47 Å². The van der Waals surface area contributed by atoms with Crippen LogP contribution in [0.5, 0.6) is 11.5 Å². The third kappa shape index (κ3) is 6.85. The highest BCUT2D eigenvalue weighted by molar-refractivity contribution is 9.10. The number of carbonyl (C=O) groups is 1. The number of nitrogens with zero attached hydrogens (tertiary/aromatic N) is 2. The summed E-state index contributed by atoms with van der Waals surface area (Å²) in [5.41, 5.74) is 2.45. The van der Waals surface area contributed by atoms with E-state index < -0.39 is 0 Å². The molecule has 3 rings (SSSR count). The summed E-state index contributed by atoms with van der Waals surface area (Å²) in [6.07, 6.45) is 3.35. The Morgan fingerprint density at radius 2 is 1.94 bits per heavy atom. The first kappa shape index (κ1) is 23.9. The summed E-state index contributed by atoms with van der Waals surface area (Å²) >= 11 is 3.35. The first-order valence-corrected chi connectivity index (χ1v) is 9.78. The van der Waals surface area contributed by atoms with Gasteiger partial charge in [-0.05, 0) is 60.2 Å². The van der Waals surface area contributed by atoms with E-state index in [9.17, 15) is 10.1 Å². The second kappa shape index (κ2) is 11.7. The largest absolute Gasteiger partial charge is 1.00 e. The summed E-state index contributed by atoms with van der Waals surface area (Å²) in [5.74, 6) is 0.598. The van der Waals surface area contributed by atoms with Crippen LogP contribution in [-0.2, 0) is 4.79 Å². The van der Waals surface area contributed by atoms with Crippen molar-refractivity contribution in [1.82, 2.24) is 4.98 Å². The summed E-state index contributed by atoms with van der Waals surface area (Å²) in [4.78, 5) is 16.3. The number of nitriles is 1. The molecule has 0 spiro atoms. The smallest absolute Gasteiger partial charge is 0.262 e. The van der Waals surface area contributed by atoms with Crippen LogP contribution in [0.3, 0.4) is 0 Å². The van der Waals surface area contributed by atoms with Gasteiger partial charge in [0.25, 0.3) is 5.91 Å². The molecule has 1 N–H and O–H groups in total. The molecule has 0 unspecified atom stereocenters. The number of allylic oxidation sites excluding steroid dienone is 1. The van der Waals surface area contributed by atoms with Gasteiger partial charge >= 0.3 is 0 Å². The molecule has 0 aliphatic rings. The fourth-order valence-corrected chi connectivity index (χ4v) is 2.88. The lowest BCUT2D eigenvalue weighted by Crippen LogP contribution is -3.00. The summed E-state index contributed by atoms with van der Waals surface area (Å²) in [6.45, 7) is -0.168. The number of hydrogen-bond donors (Lipinski definition) is 1. The van der Waals surface area contributed by atoms with Crippen molar-refractivity contribution in [1.29, 1.82) is 5.26 Å². The first-order chi connectivity index (χ1) is 14.6. The van der Waals surface area contributed by atoms with Crippen molar-refractivity contribution in [2.45, 2.75) is 0 Å². The summed E-state index contributed by atoms with van der Waals surface area (Å²) in [5, 5.41) is 12.2. The fourth-order valence-electron chi connectivity index (χ4n) is 2.62. The third-order valence-corrected chi connectivity index (χ3v) is 4.58. The van der Waals surface area contributed by atoms with E-state index in [1.54, 1.807) is 54.7 Å². The van der Waals surface area contributed by atoms with Crippen LogP contribution >= 0.6 is 15.9 Å². The SMILES string of the molecule is COc1cc(/C=C(\C#N)c2ccccn2)ccc1OCC(=O)Nc1ccc(Br)cc1.[Cl-]. The average Bonchev–Trinajstić information content (AvgIpc) is 2.78. The number of benzene rings is 2. The minimum atomic E-state index is -0.287. The molecule has 2 aromatic carbocycles. The number of halogens is 2. The van der Waals surface area contributed by atoms with Gasteiger partial charge < -0.3 is 27.2 Å². The van der Waals surface area contributed by atoms with Gasteiger partial charge in [-0.15, -0.1) is 0 Å². The van der Waals surface area contributed by atoms with Gasteiger partial charge in [-0.3, -0.25) is 9.78 Å². The Labute approximate surface area is 195 Å². The van der Waals surface area contributed by atoms with E-state index in [0.29, 0.717) is 28.5 Å². The zero-order valence-electron chi connectivity index (χ0n) is 16.5. The predicted octanol–water partition coefficient (Wildman–Crippen LogP) is 1.94. The van der Waals surface area contributed by atoms with E-state index in [-0.39, 0.29) is 24.9 Å². The lowest BCUT2D eigenvalue weighted by atomic mass is 10.1. The molecule has 1 aromatic heterocycles. The Morgan fingerprint density at radius 3 is 2.58 bits per heavy atom. The molecule has 8 heteroatoms. The van der Waals surface area contributed by atoms with Crippen molar-refractivity contribution in [3.05, 3.63) is 82.6 Å². The van der Waals surface area contributed by atoms with Crippen LogP contribution in [0.15, 0.2) is 71.3 Å². The number of anilines is 1. The fraction of sp³-hybridized carbons (Fsp3) is 0.0870. The number of nitrogens with one attached hydrogen (secondary N) is 1. The Bertz CT molecular complexity index is 1100. The van der Waals surface area contributed by atoms with Gasteiger partial charge in [-0.25, -0.2) is 0 Å². The number of rotatable bonds is 7. The molecular weight excluding hydrogens is 482 g/mol. The van der Waals surface area contributed by atoms with Crippen molar-refractivity contribution < 1.29 is 26.7 Å². The number of pyridine rings is 1. The lowest BCUT2D eigenvalue weighted by molar-refractivity contribution is -0.118. The topological polar surface area (TPSA) is 84.2 Å². The van der Waals surface area contributed by atoms with Crippen molar-refractivity contribution in [3.8, 4) is 17.6 Å². The molecule has 1 amide bonds. The first-order valence-electron chi connectivity index (χ1n) is 8.98. The second-order valence-corrected chi connectivity index (χ2v) is 7.05. The van der Waals surface area contributed by atoms with Gasteiger partial charge in [0.15, 0.2) is 18.1 Å². The normalized spacial score (nSPS) is 10.4. The summed E-state index contributed by atoms with van der Waals surface area (Å²) in [7, 11) is 1.52. The molecule has 0 saturated heterocycles. The van der Waals surface area contributed by atoms with Crippen molar-refractivity contribution in [3.63, 3.8) is 0 Å². The molecule has 31 heavy (non-hydrogen) atoms. The molecule has 1 heterocycles. The number of methoxy groups -OCH3 is 1. The Hall–Kier alpha value is -3.34. The van der Waals surface area contributed by atoms with Crippen LogP contribution in [0, 0.1) is 11.3 Å². The zero-order chi connectivity index (χ0) is 21.3. The molecule has 0 aliphatic heterocycles. The summed E-state index contributed by atoms with van der Waals surface area (Å²) < 4.78 is 11.9. The van der Waals surface area contributed by atoms with Gasteiger partial charge in [0.1, 0.15) is 6.07 Å². The predicted molar refractivity (Wildman–Crippen MR) is 119 cm³/mol. The Kier molecular flexibility index (Phi) is 9.07. The summed E-state index contributed by atoms with van der Waals surface area (Å²) in [6, 6.07) is 20.0. The van der Waals surface area contributed by atoms with E-state index in [2.05, 4.69) is 32.3 Å². The van der Waals surface area contributed by atoms with Gasteiger partial charge in [-0.1, -0.05) is 28.1 Å². The van der Waals surface area contributed by atoms with Crippen molar-refractivity contribution >= 4 is 39.2 Å². The average molecular weight is 500 g/mol. The van der Waals surface area contributed by atoms with E-state index >= 15 is 0 Å². The zero-order valence-corrected chi connectivity index (χ0v) is 18.9. The maximum atomic E-state index is 12.1. The Balaban J connectivity index is 0.00000341. The molecule has 158 valence electrons. The van der Waals surface area contributed by atoms with Crippen LogP contribution in [0.2, 0.25) is 0 Å². The van der Waals surface area contributed by atoms with Crippen LogP contribution in [0.1, 0.15) is 11.3 Å². The second-order valence-electron chi connectivity index (χ2n) is 6.14. The molecule has 6 nitrogen and oxygen atoms in total. The Morgan fingerprint density at radius 1 is 1.16 bits per heavy atom. The van der Waals surface area contributed by atoms with Crippen molar-refractivity contribution in [2.75, 3.05) is 19.0 Å². The standard InChI is InChI=1S/C23H18BrN3O3.ClH/c1-29-22-13-16(12-17(14-25)20-4-2-3-11-26-20)5-10-21(22)30-15-23(28)27-19-8-6-18(24)7-9-19;/h2-13H,15H2,1H3,(H,27,28);1H/p-1/b17-12+;. The van der Waals surface area contributed by atoms with E-state index in [1.165, 1.54) is 7.11 Å². The van der Waals surface area contributed by atoms with Crippen molar-refractivity contribution in [2.24, 2.45) is 0 Å². The van der Waals surface area contributed by atoms with Gasteiger partial charge in [0.05, 0.1) is 18.4 Å². The number of carbonyl (C=O) groups excluding carboxylic acids is 1. The molecule has 3 aromatic rings. The third-order valence-electron chi connectivity index (χ3n) is 4.05. The molecule has 0 aliphatic carbocycles. The highest BCUT2D eigenvalue weighted by Gasteiger charge is 2.10. The maximum Gasteiger partial charge on any atom is 0.262 e. The van der Waals surface area contributed by atoms with Crippen LogP contribution in [0.25, 0.3) is 11.6 Å². The van der Waals surface area contributed by atoms with Gasteiger partial charge in [-0.2, -0.15) is 5.26 Å². The quantitative estimate of drug-likeness (QED) is 0.502. The lowest BCUT2D eigenvalue weighted by Gasteiger charge is -2.12. The molecular formula is C23H18BrClN3O3-. The number of hydrogen-bond acceptors (Lipinski definition) is 5. The number of aromatic nitrogens is 1. The number of ether oxygens (including phenoxy) is 2. The maximum absolute atomic E-state index is 12.1. The van der Waals surface area contributed by atoms with E-state index in [0.717, 1.165) is 10.0 Å². The molecule has 0 atom stereocenters. The van der Waals surface area contributed by atoms with Crippen LogP contribution in [-0.4, -0.2) is 24.6 Å². The van der Waals surface area contributed by atoms with Gasteiger partial charge in [0.2, 0.25) is 0 Å². The molecule has 0 bridgehead atoms. The minimum Gasteiger partial charge on any atom is -1.00 e. The van der Waals surface area contributed by atoms with E-state index in [1.807, 2.05) is 18.2 Å². The van der Waals surface area contributed by atoms with Crippen LogP contribution < -0.4 is 27.2 Å². The van der Waals surface area contributed by atoms with Gasteiger partial charge in [0, 0.05) is 16.4 Å². The monoisotopic (exact) mass is 498 g/mol. The highest BCUT2D eigenvalue weighted by Crippen LogP contribution is 2.29. The highest BCUT2D eigenvalue weighted by atomic mass is 79.9. The molecule has 0 fully saturated rings. The minimum absolute atomic E-state index is 0.